The second-order valence-corrected chi connectivity index (χ2v) is 7.45. The molecule has 2 heterocycles. The van der Waals surface area contributed by atoms with E-state index in [1.54, 1.807) is 18.3 Å². The number of nitro benzene ring substituents is 1. The van der Waals surface area contributed by atoms with Gasteiger partial charge in [0.25, 0.3) is 5.69 Å². The standard InChI is InChI=1S/C24H16N4O2S/c29-28(30)20-12-10-18(11-13-20)21-14-25-24(31)27-15-22(26-23(21)27)19-8-6-17(7-9-19)16-4-2-1-3-5-16/h1-15,26H. The van der Waals surface area contributed by atoms with E-state index in [0.717, 1.165) is 39.2 Å². The van der Waals surface area contributed by atoms with E-state index < -0.39 is 4.92 Å². The zero-order valence-electron chi connectivity index (χ0n) is 16.2. The third-order valence-corrected chi connectivity index (χ3v) is 5.51. The fraction of sp³-hybridized carbons (Fsp3) is 0. The van der Waals surface area contributed by atoms with Crippen LogP contribution in [-0.4, -0.2) is 19.3 Å². The van der Waals surface area contributed by atoms with E-state index in [1.165, 1.54) is 12.1 Å². The molecule has 0 aliphatic heterocycles. The number of fused-ring (bicyclic) bond motifs is 1. The van der Waals surface area contributed by atoms with Gasteiger partial charge in [-0.05, 0) is 46.6 Å². The number of hydrogen-bond acceptors (Lipinski definition) is 4. The molecule has 31 heavy (non-hydrogen) atoms. The Bertz CT molecular complexity index is 1450. The van der Waals surface area contributed by atoms with E-state index in [-0.39, 0.29) is 5.69 Å². The Labute approximate surface area is 182 Å². The van der Waals surface area contributed by atoms with Gasteiger partial charge in [-0.1, -0.05) is 54.6 Å². The first-order valence-electron chi connectivity index (χ1n) is 9.61. The Morgan fingerprint density at radius 1 is 0.839 bits per heavy atom. The van der Waals surface area contributed by atoms with Gasteiger partial charge in [0.05, 0.1) is 10.6 Å². The van der Waals surface area contributed by atoms with Crippen molar-refractivity contribution in [3.63, 3.8) is 0 Å². The van der Waals surface area contributed by atoms with Crippen LogP contribution in [0.25, 0.3) is 39.2 Å². The molecule has 0 radical (unpaired) electrons. The Kier molecular flexibility index (Phi) is 4.65. The third kappa shape index (κ3) is 3.51. The highest BCUT2D eigenvalue weighted by molar-refractivity contribution is 7.71. The number of aromatic amines is 1. The monoisotopic (exact) mass is 424 g/mol. The molecule has 0 amide bonds. The molecule has 0 fully saturated rings. The summed E-state index contributed by atoms with van der Waals surface area (Å²) in [5.74, 6) is 0. The van der Waals surface area contributed by atoms with Crippen molar-refractivity contribution in [3.8, 4) is 33.5 Å². The highest BCUT2D eigenvalue weighted by Gasteiger charge is 2.12. The summed E-state index contributed by atoms with van der Waals surface area (Å²) in [6, 6.07) is 24.9. The minimum absolute atomic E-state index is 0.0474. The summed E-state index contributed by atoms with van der Waals surface area (Å²) in [6.45, 7) is 0. The van der Waals surface area contributed by atoms with Crippen molar-refractivity contribution in [1.82, 2.24) is 14.4 Å². The van der Waals surface area contributed by atoms with Gasteiger partial charge in [0, 0.05) is 30.1 Å². The number of benzene rings is 3. The molecular formula is C24H16N4O2S. The Morgan fingerprint density at radius 2 is 1.45 bits per heavy atom. The smallest absolute Gasteiger partial charge is 0.269 e. The molecule has 0 saturated heterocycles. The van der Waals surface area contributed by atoms with Gasteiger partial charge in [-0.15, -0.1) is 0 Å². The maximum absolute atomic E-state index is 10.9. The van der Waals surface area contributed by atoms with Crippen LogP contribution in [0.4, 0.5) is 5.69 Å². The van der Waals surface area contributed by atoms with Gasteiger partial charge >= 0.3 is 0 Å². The van der Waals surface area contributed by atoms with Crippen LogP contribution in [0.15, 0.2) is 91.3 Å². The fourth-order valence-corrected chi connectivity index (χ4v) is 3.79. The quantitative estimate of drug-likeness (QED) is 0.209. The molecule has 6 nitrogen and oxygen atoms in total. The molecule has 0 unspecified atom stereocenters. The van der Waals surface area contributed by atoms with Crippen molar-refractivity contribution in [3.05, 3.63) is 106 Å². The lowest BCUT2D eigenvalue weighted by Gasteiger charge is -2.04. The molecule has 150 valence electrons. The van der Waals surface area contributed by atoms with Crippen molar-refractivity contribution < 1.29 is 4.92 Å². The first-order chi connectivity index (χ1) is 15.1. The maximum atomic E-state index is 10.9. The highest BCUT2D eigenvalue weighted by Crippen LogP contribution is 2.29. The number of nitro groups is 1. The summed E-state index contributed by atoms with van der Waals surface area (Å²) in [6.07, 6.45) is 3.62. The molecule has 3 aromatic carbocycles. The van der Waals surface area contributed by atoms with Crippen molar-refractivity contribution in [2.45, 2.75) is 0 Å². The fourth-order valence-electron chi connectivity index (χ4n) is 3.60. The van der Waals surface area contributed by atoms with E-state index in [9.17, 15) is 10.1 Å². The van der Waals surface area contributed by atoms with Crippen molar-refractivity contribution in [2.24, 2.45) is 0 Å². The lowest BCUT2D eigenvalue weighted by molar-refractivity contribution is -0.384. The number of hydrogen-bond donors (Lipinski definition) is 1. The van der Waals surface area contributed by atoms with Crippen LogP contribution >= 0.6 is 12.2 Å². The molecule has 0 atom stereocenters. The first kappa shape index (κ1) is 18.9. The zero-order chi connectivity index (χ0) is 21.4. The second kappa shape index (κ2) is 7.62. The van der Waals surface area contributed by atoms with Gasteiger partial charge in [-0.25, -0.2) is 4.98 Å². The van der Waals surface area contributed by atoms with Crippen LogP contribution in [0.5, 0.6) is 0 Å². The predicted octanol–water partition coefficient (Wildman–Crippen LogP) is 6.30. The molecule has 0 saturated carbocycles. The third-order valence-electron chi connectivity index (χ3n) is 5.21. The van der Waals surface area contributed by atoms with Gasteiger partial charge in [-0.3, -0.25) is 14.5 Å². The van der Waals surface area contributed by atoms with E-state index in [2.05, 4.69) is 46.4 Å². The number of nitrogens with one attached hydrogen (secondary N) is 1. The second-order valence-electron chi connectivity index (χ2n) is 7.09. The molecule has 0 spiro atoms. The van der Waals surface area contributed by atoms with Gasteiger partial charge in [0.2, 0.25) is 4.77 Å². The van der Waals surface area contributed by atoms with E-state index in [1.807, 2.05) is 28.8 Å². The highest BCUT2D eigenvalue weighted by atomic mass is 32.1. The van der Waals surface area contributed by atoms with Crippen molar-refractivity contribution in [1.29, 1.82) is 0 Å². The minimum atomic E-state index is -0.412. The minimum Gasteiger partial charge on any atom is -0.339 e. The summed E-state index contributed by atoms with van der Waals surface area (Å²) in [5.41, 5.74) is 6.70. The van der Waals surface area contributed by atoms with Crippen molar-refractivity contribution >= 4 is 23.6 Å². The summed E-state index contributed by atoms with van der Waals surface area (Å²) in [5, 5.41) is 10.9. The van der Waals surface area contributed by atoms with E-state index in [0.29, 0.717) is 4.77 Å². The van der Waals surface area contributed by atoms with E-state index >= 15 is 0 Å². The summed E-state index contributed by atoms with van der Waals surface area (Å²) in [7, 11) is 0. The average Bonchev–Trinajstić information content (AvgIpc) is 3.27. The van der Waals surface area contributed by atoms with Crippen LogP contribution < -0.4 is 0 Å². The van der Waals surface area contributed by atoms with Gasteiger partial charge in [-0.2, -0.15) is 0 Å². The largest absolute Gasteiger partial charge is 0.339 e. The topological polar surface area (TPSA) is 76.2 Å². The molecule has 0 aliphatic carbocycles. The molecule has 0 aliphatic rings. The number of imidazole rings is 1. The molecular weight excluding hydrogens is 408 g/mol. The number of H-pyrrole nitrogens is 1. The predicted molar refractivity (Wildman–Crippen MR) is 123 cm³/mol. The number of rotatable bonds is 4. The van der Waals surface area contributed by atoms with E-state index in [4.69, 9.17) is 12.2 Å². The van der Waals surface area contributed by atoms with Gasteiger partial charge < -0.3 is 4.98 Å². The van der Waals surface area contributed by atoms with Crippen LogP contribution in [-0.2, 0) is 0 Å². The Balaban J connectivity index is 1.57. The first-order valence-corrected chi connectivity index (χ1v) is 10.0. The number of nitrogens with zero attached hydrogens (tertiary/aromatic N) is 3. The van der Waals surface area contributed by atoms with Crippen LogP contribution in [0.1, 0.15) is 0 Å². The summed E-state index contributed by atoms with van der Waals surface area (Å²) >= 11 is 5.41. The zero-order valence-corrected chi connectivity index (χ0v) is 17.0. The molecule has 2 aromatic heterocycles. The Hall–Kier alpha value is -4.10. The molecule has 0 bridgehead atoms. The molecule has 1 N–H and O–H groups in total. The van der Waals surface area contributed by atoms with Gasteiger partial charge in [0.1, 0.15) is 5.65 Å². The number of non-ortho nitro benzene ring substituents is 1. The summed E-state index contributed by atoms with van der Waals surface area (Å²) < 4.78 is 2.26. The lowest BCUT2D eigenvalue weighted by atomic mass is 10.0. The van der Waals surface area contributed by atoms with Crippen LogP contribution in [0, 0.1) is 14.9 Å². The normalized spacial score (nSPS) is 11.0. The molecule has 5 rings (SSSR count). The maximum Gasteiger partial charge on any atom is 0.269 e. The van der Waals surface area contributed by atoms with Crippen molar-refractivity contribution in [2.75, 3.05) is 0 Å². The SMILES string of the molecule is O=[N+]([O-])c1ccc(-c2cnc(=S)n3cc(-c4ccc(-c5ccccc5)cc4)[nH]c23)cc1. The van der Waals surface area contributed by atoms with Gasteiger partial charge in [0.15, 0.2) is 0 Å². The Morgan fingerprint density at radius 3 is 2.13 bits per heavy atom. The number of aromatic nitrogens is 3. The average molecular weight is 424 g/mol. The summed E-state index contributed by atoms with van der Waals surface area (Å²) in [4.78, 5) is 18.3. The van der Waals surface area contributed by atoms with Crippen LogP contribution in [0.2, 0.25) is 0 Å². The molecule has 5 aromatic rings. The lowest BCUT2D eigenvalue weighted by Crippen LogP contribution is -1.93. The van der Waals surface area contributed by atoms with Crippen LogP contribution in [0.3, 0.4) is 0 Å². The molecule has 7 heteroatoms.